The van der Waals surface area contributed by atoms with Crippen LogP contribution >= 0.6 is 0 Å². The van der Waals surface area contributed by atoms with Crippen molar-refractivity contribution in [3.8, 4) is 0 Å². The highest BCUT2D eigenvalue weighted by molar-refractivity contribution is 5.26. The Hall–Kier alpha value is -1.44. The molecule has 0 bridgehead atoms. The van der Waals surface area contributed by atoms with Crippen molar-refractivity contribution in [3.05, 3.63) is 23.8 Å². The average molecular weight is 1060 g/mol. The number of aliphatic hydroxyl groups excluding tert-OH is 13. The van der Waals surface area contributed by atoms with Crippen LogP contribution in [0.2, 0.25) is 0 Å². The largest absolute Gasteiger partial charge is 0.394 e. The molecule has 30 atom stereocenters. The lowest BCUT2D eigenvalue weighted by molar-refractivity contribution is -0.389. The van der Waals surface area contributed by atoms with Crippen molar-refractivity contribution in [1.82, 2.24) is 0 Å². The Labute approximate surface area is 430 Å². The fourth-order valence-electron chi connectivity index (χ4n) is 14.8. The number of rotatable bonds is 15. The zero-order valence-electron chi connectivity index (χ0n) is 42.5. The molecule has 23 heteroatoms. The van der Waals surface area contributed by atoms with Gasteiger partial charge in [-0.05, 0) is 92.8 Å². The molecule has 0 amide bonds. The molecule has 5 saturated heterocycles. The molecule has 9 rings (SSSR count). The number of hydrogen-bond acceptors (Lipinski definition) is 23. The molecule has 424 valence electrons. The van der Waals surface area contributed by atoms with Crippen molar-refractivity contribution < 1.29 is 114 Å². The molecule has 74 heavy (non-hydrogen) atoms. The molecule has 9 aliphatic rings. The summed E-state index contributed by atoms with van der Waals surface area (Å²) in [7, 11) is 0. The van der Waals surface area contributed by atoms with Gasteiger partial charge in [0.1, 0.15) is 91.6 Å². The minimum Gasteiger partial charge on any atom is -0.394 e. The molecule has 23 unspecified atom stereocenters. The maximum absolute atomic E-state index is 12.1. The van der Waals surface area contributed by atoms with E-state index in [1.807, 2.05) is 0 Å². The normalized spacial score (nSPS) is 54.4. The summed E-state index contributed by atoms with van der Waals surface area (Å²) in [6, 6.07) is 0. The van der Waals surface area contributed by atoms with Crippen molar-refractivity contribution >= 4 is 0 Å². The van der Waals surface area contributed by atoms with Crippen molar-refractivity contribution in [2.24, 2.45) is 40.4 Å². The van der Waals surface area contributed by atoms with Gasteiger partial charge in [0.25, 0.3) is 0 Å². The van der Waals surface area contributed by atoms with Crippen LogP contribution in [0.3, 0.4) is 0 Å². The summed E-state index contributed by atoms with van der Waals surface area (Å²) >= 11 is 0. The maximum atomic E-state index is 12.1. The van der Waals surface area contributed by atoms with Crippen molar-refractivity contribution in [2.75, 3.05) is 26.4 Å². The summed E-state index contributed by atoms with van der Waals surface area (Å²) in [5, 5.41) is 148. The van der Waals surface area contributed by atoms with Gasteiger partial charge in [-0.3, -0.25) is 0 Å². The number of fused-ring (bicyclic) bond motifs is 7. The molecule has 14 N–H and O–H groups in total. The second-order valence-electron chi connectivity index (χ2n) is 23.4. The monoisotopic (exact) mass is 1060 g/mol. The average Bonchev–Trinajstić information content (AvgIpc) is 3.82. The van der Waals surface area contributed by atoms with E-state index in [0.29, 0.717) is 42.6 Å². The Morgan fingerprint density at radius 2 is 1.23 bits per heavy atom. The highest BCUT2D eigenvalue weighted by Crippen LogP contribution is 2.70. The molecule has 3 saturated carbocycles. The first-order valence-corrected chi connectivity index (χ1v) is 26.6. The molecule has 0 radical (unpaired) electrons. The van der Waals surface area contributed by atoms with Gasteiger partial charge >= 0.3 is 0 Å². The molecule has 0 aromatic carbocycles. The summed E-state index contributed by atoms with van der Waals surface area (Å²) < 4.78 is 54.2. The molecule has 5 heterocycles. The molecule has 0 aromatic rings. The van der Waals surface area contributed by atoms with Crippen molar-refractivity contribution in [3.63, 3.8) is 0 Å². The van der Waals surface area contributed by atoms with E-state index in [9.17, 15) is 71.5 Å². The van der Waals surface area contributed by atoms with Crippen LogP contribution in [0, 0.1) is 40.4 Å². The Bertz CT molecular complexity index is 1960. The van der Waals surface area contributed by atoms with E-state index in [0.717, 1.165) is 32.1 Å². The van der Waals surface area contributed by atoms with Crippen LogP contribution in [0.25, 0.3) is 0 Å². The van der Waals surface area contributed by atoms with Gasteiger partial charge in [-0.1, -0.05) is 44.6 Å². The van der Waals surface area contributed by atoms with Crippen LogP contribution in [-0.2, 0) is 42.6 Å². The highest BCUT2D eigenvalue weighted by Gasteiger charge is 2.68. The highest BCUT2D eigenvalue weighted by atomic mass is 16.8. The Morgan fingerprint density at radius 3 is 1.88 bits per heavy atom. The van der Waals surface area contributed by atoms with Gasteiger partial charge in [-0.25, -0.2) is 0 Å². The molecular weight excluding hydrogens is 981 g/mol. The van der Waals surface area contributed by atoms with E-state index in [1.54, 1.807) is 0 Å². The standard InChI is InChI=1S/C51H82O23/c1-20(19-66-45-39(61)37(59)34(56)29(16-52)69-45)8-13-51(65)21(2)32-28(74-51)15-27-25-7-6-23-14-24(9-11-49(23,4)26(25)10-12-50(27,32)5)68-48-44(73-46-40(62)36(58)33(55)22(3)67-46)42(64)43(31(18-54)71-48)72-47-41(63)38(60)35(57)30(17-53)70-47/h6,21-22,24-48,52-65H,1,7-19H2,2-5H3/t21-,22?,24?,25?,26?,27?,28?,29?,30?,31?,32?,33?,34?,35?,36?,37?,38?,39-,40-,41-,42?,43?,44-,45?,46?,47?,48?,49-,50-,51?/m0/s1. The van der Waals surface area contributed by atoms with Crippen LogP contribution in [0.5, 0.6) is 0 Å². The second kappa shape index (κ2) is 22.2. The van der Waals surface area contributed by atoms with Crippen LogP contribution < -0.4 is 0 Å². The van der Waals surface area contributed by atoms with Crippen LogP contribution in [-0.4, -0.2) is 239 Å². The summed E-state index contributed by atoms with van der Waals surface area (Å²) in [6.07, 6.45) is -22.8. The van der Waals surface area contributed by atoms with E-state index in [4.69, 9.17) is 42.6 Å². The Kier molecular flexibility index (Phi) is 17.2. The summed E-state index contributed by atoms with van der Waals surface area (Å²) in [5.74, 6) is -0.401. The number of ether oxygens (including phenoxy) is 9. The molecule has 0 spiro atoms. The number of hydrogen-bond donors (Lipinski definition) is 14. The first kappa shape index (κ1) is 57.3. The van der Waals surface area contributed by atoms with Gasteiger partial charge in [0.05, 0.1) is 44.7 Å². The van der Waals surface area contributed by atoms with Gasteiger partial charge in [0.15, 0.2) is 30.9 Å². The minimum atomic E-state index is -1.86. The van der Waals surface area contributed by atoms with Gasteiger partial charge in [0, 0.05) is 12.3 Å². The smallest absolute Gasteiger partial charge is 0.187 e. The number of allylic oxidation sites excluding steroid dienone is 1. The zero-order valence-corrected chi connectivity index (χ0v) is 42.5. The van der Waals surface area contributed by atoms with Gasteiger partial charge in [-0.2, -0.15) is 0 Å². The first-order valence-electron chi connectivity index (χ1n) is 26.6. The molecule has 4 aliphatic carbocycles. The minimum absolute atomic E-state index is 0.0495. The predicted octanol–water partition coefficient (Wildman–Crippen LogP) is -3.09. The third-order valence-electron chi connectivity index (χ3n) is 19.2. The predicted molar refractivity (Wildman–Crippen MR) is 250 cm³/mol. The van der Waals surface area contributed by atoms with Gasteiger partial charge in [0.2, 0.25) is 0 Å². The zero-order chi connectivity index (χ0) is 53.5. The third kappa shape index (κ3) is 10.1. The Balaban J connectivity index is 0.849. The Morgan fingerprint density at radius 1 is 0.649 bits per heavy atom. The topological polar surface area (TPSA) is 366 Å². The summed E-state index contributed by atoms with van der Waals surface area (Å²) in [5.41, 5.74) is 1.59. The maximum Gasteiger partial charge on any atom is 0.187 e. The van der Waals surface area contributed by atoms with Crippen molar-refractivity contribution in [2.45, 2.75) is 226 Å². The van der Waals surface area contributed by atoms with Crippen LogP contribution in [0.1, 0.15) is 85.5 Å². The lowest BCUT2D eigenvalue weighted by Crippen LogP contribution is -2.67. The van der Waals surface area contributed by atoms with Gasteiger partial charge in [-0.15, -0.1) is 0 Å². The molecule has 23 nitrogen and oxygen atoms in total. The van der Waals surface area contributed by atoms with Crippen LogP contribution in [0.4, 0.5) is 0 Å². The second-order valence-corrected chi connectivity index (χ2v) is 23.4. The lowest BCUT2D eigenvalue weighted by atomic mass is 9.47. The summed E-state index contributed by atoms with van der Waals surface area (Å²) in [4.78, 5) is 0. The van der Waals surface area contributed by atoms with Gasteiger partial charge < -0.3 is 114 Å². The van der Waals surface area contributed by atoms with E-state index in [1.165, 1.54) is 12.5 Å². The van der Waals surface area contributed by atoms with E-state index >= 15 is 0 Å². The quantitative estimate of drug-likeness (QED) is 0.0723. The molecule has 8 fully saturated rings. The first-order chi connectivity index (χ1) is 35.0. The SMILES string of the molecule is C=C(CCC1(O)OC2CC3C4CC=C5CC(OC6OC(CO)C(OC7OC(CO)C(O)C(O)[C@@H]7O)C(O)[C@@H]6OC6OC(C)C(O)C(O)[C@@H]6O)CC[C@]5(C)C4CC[C@]3(C)C2[C@@H]1C)COC1OC(CO)C(O)C(O)[C@@H]1O. The summed E-state index contributed by atoms with van der Waals surface area (Å²) in [6.45, 7) is 10.2. The van der Waals surface area contributed by atoms with E-state index in [2.05, 4.69) is 33.4 Å². The molecule has 5 aliphatic heterocycles. The van der Waals surface area contributed by atoms with Crippen molar-refractivity contribution in [1.29, 1.82) is 0 Å². The lowest BCUT2D eigenvalue weighted by Gasteiger charge is -2.58. The fraction of sp³-hybridized carbons (Fsp3) is 0.922. The number of aliphatic hydroxyl groups is 14. The van der Waals surface area contributed by atoms with E-state index in [-0.39, 0.29) is 41.8 Å². The fourth-order valence-corrected chi connectivity index (χ4v) is 14.8. The molecular formula is C51H82O23. The van der Waals surface area contributed by atoms with Crippen LogP contribution in [0.15, 0.2) is 23.8 Å². The molecule has 0 aromatic heterocycles. The third-order valence-corrected chi connectivity index (χ3v) is 19.2. The van der Waals surface area contributed by atoms with E-state index < -0.39 is 155 Å².